The third-order valence-electron chi connectivity index (χ3n) is 5.78. The van der Waals surface area contributed by atoms with Crippen LogP contribution in [0.25, 0.3) is 0 Å². The molecule has 6 nitrogen and oxygen atoms in total. The molecule has 33 heavy (non-hydrogen) atoms. The van der Waals surface area contributed by atoms with E-state index in [0.29, 0.717) is 42.5 Å². The molecule has 2 aromatic rings. The average molecular weight is 476 g/mol. The zero-order chi connectivity index (χ0) is 24.0. The van der Waals surface area contributed by atoms with Gasteiger partial charge < -0.3 is 15.0 Å². The second kappa shape index (κ2) is 11.5. The van der Waals surface area contributed by atoms with Gasteiger partial charge >= 0.3 is 0 Å². The summed E-state index contributed by atoms with van der Waals surface area (Å²) in [6.07, 6.45) is 1.12. The number of anilines is 1. The Balaban J connectivity index is 1.59. The van der Waals surface area contributed by atoms with E-state index in [1.165, 1.54) is 12.1 Å². The van der Waals surface area contributed by atoms with E-state index in [9.17, 15) is 14.0 Å². The maximum absolute atomic E-state index is 13.2. The number of halogens is 2. The first-order chi connectivity index (χ1) is 15.8. The van der Waals surface area contributed by atoms with Crippen LogP contribution >= 0.6 is 11.6 Å². The highest BCUT2D eigenvalue weighted by Crippen LogP contribution is 2.28. The average Bonchev–Trinajstić information content (AvgIpc) is 2.77. The van der Waals surface area contributed by atoms with Gasteiger partial charge in [0.25, 0.3) is 5.91 Å². The molecule has 2 aromatic carbocycles. The summed E-state index contributed by atoms with van der Waals surface area (Å²) in [6, 6.07) is 11.6. The van der Waals surface area contributed by atoms with Gasteiger partial charge in [-0.3, -0.25) is 14.5 Å². The summed E-state index contributed by atoms with van der Waals surface area (Å²) in [5, 5.41) is 3.27. The van der Waals surface area contributed by atoms with Gasteiger partial charge in [0, 0.05) is 43.2 Å². The number of benzene rings is 2. The minimum absolute atomic E-state index is 0.00620. The minimum atomic E-state index is -0.246. The monoisotopic (exact) mass is 475 g/mol. The maximum Gasteiger partial charge on any atom is 0.260 e. The minimum Gasteiger partial charge on any atom is -0.482 e. The van der Waals surface area contributed by atoms with Gasteiger partial charge in [0.2, 0.25) is 5.91 Å². The van der Waals surface area contributed by atoms with Crippen LogP contribution in [0.15, 0.2) is 42.5 Å². The summed E-state index contributed by atoms with van der Waals surface area (Å²) in [6.45, 7) is 7.88. The van der Waals surface area contributed by atoms with Crippen LogP contribution < -0.4 is 10.1 Å². The van der Waals surface area contributed by atoms with Gasteiger partial charge in [-0.05, 0) is 56.2 Å². The number of amides is 2. The first-order valence-electron chi connectivity index (χ1n) is 11.3. The Kier molecular flexibility index (Phi) is 8.69. The molecular weight excluding hydrogens is 445 g/mol. The SMILES string of the molecule is CCCC(=O)Nc1cc(Cl)ccc1OCC(=O)N1CC(C)N(Cc2ccc(F)cc2)CC1C. The van der Waals surface area contributed by atoms with Crippen molar-refractivity contribution in [3.05, 3.63) is 58.9 Å². The summed E-state index contributed by atoms with van der Waals surface area (Å²) in [4.78, 5) is 29.1. The number of hydrogen-bond acceptors (Lipinski definition) is 4. The second-order valence-electron chi connectivity index (χ2n) is 8.53. The summed E-state index contributed by atoms with van der Waals surface area (Å²) in [5.41, 5.74) is 1.50. The molecule has 0 aromatic heterocycles. The molecule has 1 N–H and O–H groups in total. The van der Waals surface area contributed by atoms with Crippen molar-refractivity contribution in [2.75, 3.05) is 25.0 Å². The van der Waals surface area contributed by atoms with Gasteiger partial charge in [-0.15, -0.1) is 0 Å². The Labute approximate surface area is 199 Å². The van der Waals surface area contributed by atoms with Gasteiger partial charge in [0.1, 0.15) is 11.6 Å². The van der Waals surface area contributed by atoms with Crippen LogP contribution in [-0.2, 0) is 16.1 Å². The highest BCUT2D eigenvalue weighted by atomic mass is 35.5. The number of carbonyl (C=O) groups excluding carboxylic acids is 2. The Morgan fingerprint density at radius 1 is 1.12 bits per heavy atom. The molecule has 2 amide bonds. The van der Waals surface area contributed by atoms with Gasteiger partial charge in [-0.25, -0.2) is 4.39 Å². The van der Waals surface area contributed by atoms with Crippen molar-refractivity contribution in [1.82, 2.24) is 9.80 Å². The van der Waals surface area contributed by atoms with Gasteiger partial charge in [-0.2, -0.15) is 0 Å². The zero-order valence-electron chi connectivity index (χ0n) is 19.3. The molecule has 3 rings (SSSR count). The summed E-state index contributed by atoms with van der Waals surface area (Å²) in [7, 11) is 0. The lowest BCUT2D eigenvalue weighted by molar-refractivity contribution is -0.139. The third kappa shape index (κ3) is 6.92. The normalized spacial score (nSPS) is 18.8. The second-order valence-corrected chi connectivity index (χ2v) is 8.96. The smallest absolute Gasteiger partial charge is 0.260 e. The summed E-state index contributed by atoms with van der Waals surface area (Å²) < 4.78 is 19.0. The van der Waals surface area contributed by atoms with Crippen molar-refractivity contribution in [1.29, 1.82) is 0 Å². The molecular formula is C25H31ClFN3O3. The van der Waals surface area contributed by atoms with Crippen LogP contribution in [0, 0.1) is 5.82 Å². The lowest BCUT2D eigenvalue weighted by Crippen LogP contribution is -2.58. The standard InChI is InChI=1S/C25H31ClFN3O3/c1-4-5-24(31)28-22-12-20(26)8-11-23(22)33-16-25(32)30-14-17(2)29(13-18(30)3)15-19-6-9-21(27)10-7-19/h6-12,17-18H,4-5,13-16H2,1-3H3,(H,28,31). The van der Waals surface area contributed by atoms with Crippen molar-refractivity contribution in [2.45, 2.75) is 52.2 Å². The highest BCUT2D eigenvalue weighted by Gasteiger charge is 2.32. The lowest BCUT2D eigenvalue weighted by Gasteiger charge is -2.44. The Morgan fingerprint density at radius 2 is 1.85 bits per heavy atom. The molecule has 8 heteroatoms. The number of carbonyl (C=O) groups is 2. The third-order valence-corrected chi connectivity index (χ3v) is 6.01. The molecule has 0 radical (unpaired) electrons. The van der Waals surface area contributed by atoms with E-state index in [2.05, 4.69) is 17.1 Å². The molecule has 0 saturated carbocycles. The predicted molar refractivity (Wildman–Crippen MR) is 128 cm³/mol. The lowest BCUT2D eigenvalue weighted by atomic mass is 10.1. The van der Waals surface area contributed by atoms with E-state index in [1.54, 1.807) is 30.3 Å². The maximum atomic E-state index is 13.2. The van der Waals surface area contributed by atoms with E-state index in [0.717, 1.165) is 12.0 Å². The molecule has 1 heterocycles. The van der Waals surface area contributed by atoms with E-state index >= 15 is 0 Å². The van der Waals surface area contributed by atoms with E-state index < -0.39 is 0 Å². The number of rotatable bonds is 8. The molecule has 1 fully saturated rings. The largest absolute Gasteiger partial charge is 0.482 e. The number of nitrogens with zero attached hydrogens (tertiary/aromatic N) is 2. The van der Waals surface area contributed by atoms with Crippen molar-refractivity contribution >= 4 is 29.1 Å². The molecule has 0 aliphatic carbocycles. The fourth-order valence-corrected chi connectivity index (χ4v) is 4.15. The van der Waals surface area contributed by atoms with Gasteiger partial charge in [0.15, 0.2) is 6.61 Å². The van der Waals surface area contributed by atoms with Crippen LogP contribution in [0.4, 0.5) is 10.1 Å². The first-order valence-corrected chi connectivity index (χ1v) is 11.6. The number of hydrogen-bond donors (Lipinski definition) is 1. The number of nitrogens with one attached hydrogen (secondary N) is 1. The van der Waals surface area contributed by atoms with E-state index in [4.69, 9.17) is 16.3 Å². The topological polar surface area (TPSA) is 61.9 Å². The molecule has 0 spiro atoms. The number of piperazine rings is 1. The van der Waals surface area contributed by atoms with Crippen LogP contribution in [0.1, 0.15) is 39.2 Å². The first kappa shape index (κ1) is 25.0. The molecule has 1 aliphatic rings. The van der Waals surface area contributed by atoms with Crippen LogP contribution in [0.5, 0.6) is 5.75 Å². The van der Waals surface area contributed by atoms with Gasteiger partial charge in [-0.1, -0.05) is 30.7 Å². The Bertz CT molecular complexity index is 970. The predicted octanol–water partition coefficient (Wildman–Crippen LogP) is 4.72. The van der Waals surface area contributed by atoms with Crippen molar-refractivity contribution in [3.8, 4) is 5.75 Å². The molecule has 178 valence electrons. The molecule has 2 unspecified atom stereocenters. The highest BCUT2D eigenvalue weighted by molar-refractivity contribution is 6.31. The van der Waals surface area contributed by atoms with Crippen LogP contribution in [0.3, 0.4) is 0 Å². The Morgan fingerprint density at radius 3 is 2.55 bits per heavy atom. The van der Waals surface area contributed by atoms with Crippen LogP contribution in [-0.4, -0.2) is 53.4 Å². The summed E-state index contributed by atoms with van der Waals surface area (Å²) in [5.74, 6) is -0.0792. The van der Waals surface area contributed by atoms with E-state index in [-0.39, 0.29) is 36.3 Å². The fourth-order valence-electron chi connectivity index (χ4n) is 3.98. The molecule has 2 atom stereocenters. The molecule has 1 saturated heterocycles. The van der Waals surface area contributed by atoms with E-state index in [1.807, 2.05) is 18.7 Å². The van der Waals surface area contributed by atoms with Crippen LogP contribution in [0.2, 0.25) is 5.02 Å². The quantitative estimate of drug-likeness (QED) is 0.600. The number of ether oxygens (including phenoxy) is 1. The zero-order valence-corrected chi connectivity index (χ0v) is 20.1. The van der Waals surface area contributed by atoms with Crippen molar-refractivity contribution in [2.24, 2.45) is 0 Å². The Hall–Kier alpha value is -2.64. The molecule has 1 aliphatic heterocycles. The van der Waals surface area contributed by atoms with Crippen molar-refractivity contribution < 1.29 is 18.7 Å². The van der Waals surface area contributed by atoms with Gasteiger partial charge in [0.05, 0.1) is 5.69 Å². The molecule has 0 bridgehead atoms. The van der Waals surface area contributed by atoms with Crippen molar-refractivity contribution in [3.63, 3.8) is 0 Å². The fraction of sp³-hybridized carbons (Fsp3) is 0.440. The summed E-state index contributed by atoms with van der Waals surface area (Å²) >= 11 is 6.07.